The molecule has 0 bridgehead atoms. The minimum absolute atomic E-state index is 0.00164. The number of carbonyl (C=O) groups excluding carboxylic acids is 2. The zero-order chi connectivity index (χ0) is 35.9. The van der Waals surface area contributed by atoms with E-state index in [1.54, 1.807) is 21.7 Å². The van der Waals surface area contributed by atoms with Crippen molar-refractivity contribution < 1.29 is 19.4 Å². The third kappa shape index (κ3) is 7.85. The summed E-state index contributed by atoms with van der Waals surface area (Å²) < 4.78 is 7.40. The predicted molar refractivity (Wildman–Crippen MR) is 214 cm³/mol. The van der Waals surface area contributed by atoms with Crippen LogP contribution in [-0.2, 0) is 17.4 Å². The summed E-state index contributed by atoms with van der Waals surface area (Å²) in [4.78, 5) is 54.6. The SMILES string of the molecule is CC(I)(I)c1cc(C[C@@H](OC(=O)N2CCC(n3c(=O)[nH]c4c5ccccc5ncc43)CC2)C(=O)N2CCN(C3CCNCC3)CC2)cc(Cl)c1O. The summed E-state index contributed by atoms with van der Waals surface area (Å²) in [7, 11) is 0. The van der Waals surface area contributed by atoms with Gasteiger partial charge >= 0.3 is 11.8 Å². The summed E-state index contributed by atoms with van der Waals surface area (Å²) in [6.07, 6.45) is 3.53. The van der Waals surface area contributed by atoms with Crippen molar-refractivity contribution in [2.24, 2.45) is 0 Å². The number of rotatable bonds is 7. The summed E-state index contributed by atoms with van der Waals surface area (Å²) in [6.45, 7) is 7.40. The van der Waals surface area contributed by atoms with Gasteiger partial charge in [-0.25, -0.2) is 9.59 Å². The fourth-order valence-electron chi connectivity index (χ4n) is 7.77. The molecular formula is C36H42ClI2N7O5. The molecule has 0 saturated carbocycles. The van der Waals surface area contributed by atoms with E-state index in [0.717, 1.165) is 61.0 Å². The molecule has 2 aromatic heterocycles. The van der Waals surface area contributed by atoms with Crippen LogP contribution in [0.2, 0.25) is 5.02 Å². The Morgan fingerprint density at radius 1 is 1.02 bits per heavy atom. The average Bonchev–Trinajstić information content (AvgIpc) is 3.48. The van der Waals surface area contributed by atoms with E-state index in [1.165, 1.54) is 0 Å². The number of phenolic OH excluding ortho intramolecular Hbond substituents is 1. The van der Waals surface area contributed by atoms with Crippen molar-refractivity contribution in [3.05, 3.63) is 69.2 Å². The average molecular weight is 942 g/mol. The molecule has 3 fully saturated rings. The van der Waals surface area contributed by atoms with Gasteiger partial charge in [-0.3, -0.25) is 19.2 Å². The van der Waals surface area contributed by atoms with Crippen LogP contribution in [0.3, 0.4) is 0 Å². The number of carbonyl (C=O) groups is 2. The third-order valence-corrected chi connectivity index (χ3v) is 12.0. The lowest BCUT2D eigenvalue weighted by molar-refractivity contribution is -0.143. The maximum atomic E-state index is 14.2. The highest BCUT2D eigenvalue weighted by atomic mass is 127. The maximum Gasteiger partial charge on any atom is 0.410 e. The van der Waals surface area contributed by atoms with Crippen molar-refractivity contribution in [3.8, 4) is 5.75 Å². The molecule has 0 unspecified atom stereocenters. The Morgan fingerprint density at radius 3 is 2.43 bits per heavy atom. The highest BCUT2D eigenvalue weighted by Gasteiger charge is 2.36. The zero-order valence-electron chi connectivity index (χ0n) is 28.4. The van der Waals surface area contributed by atoms with Gasteiger partial charge in [-0.1, -0.05) is 75.0 Å². The number of phenols is 1. The number of benzene rings is 2. The van der Waals surface area contributed by atoms with Gasteiger partial charge in [0.1, 0.15) is 5.75 Å². The number of pyridine rings is 1. The first-order valence-electron chi connectivity index (χ1n) is 17.5. The van der Waals surface area contributed by atoms with Gasteiger partial charge in [-0.05, 0) is 69.5 Å². The molecule has 3 N–H and O–H groups in total. The van der Waals surface area contributed by atoms with Gasteiger partial charge in [0.15, 0.2) is 6.10 Å². The van der Waals surface area contributed by atoms with E-state index in [4.69, 9.17) is 16.3 Å². The number of H-pyrrole nitrogens is 1. The first-order valence-corrected chi connectivity index (χ1v) is 20.1. The van der Waals surface area contributed by atoms with Crippen LogP contribution in [0.4, 0.5) is 4.79 Å². The van der Waals surface area contributed by atoms with Crippen LogP contribution in [0.5, 0.6) is 5.75 Å². The number of nitrogens with one attached hydrogen (secondary N) is 2. The number of imidazole rings is 1. The molecule has 5 heterocycles. The topological polar surface area (TPSA) is 136 Å². The second kappa shape index (κ2) is 15.4. The smallest absolute Gasteiger partial charge is 0.410 e. The second-order valence-electron chi connectivity index (χ2n) is 13.8. The molecule has 0 spiro atoms. The van der Waals surface area contributed by atoms with Crippen molar-refractivity contribution in [1.29, 1.82) is 0 Å². The molecule has 3 saturated heterocycles. The highest BCUT2D eigenvalue weighted by molar-refractivity contribution is 14.2. The quantitative estimate of drug-likeness (QED) is 0.162. The second-order valence-corrected chi connectivity index (χ2v) is 20.6. The lowest BCUT2D eigenvalue weighted by Gasteiger charge is -2.41. The lowest BCUT2D eigenvalue weighted by Crippen LogP contribution is -2.56. The first kappa shape index (κ1) is 36.7. The molecule has 2 amide bonds. The Labute approximate surface area is 328 Å². The van der Waals surface area contributed by atoms with Crippen LogP contribution in [0.25, 0.3) is 21.9 Å². The number of piperidine rings is 2. The monoisotopic (exact) mass is 941 g/mol. The fraction of sp³-hybridized carbons (Fsp3) is 0.500. The maximum absolute atomic E-state index is 14.2. The summed E-state index contributed by atoms with van der Waals surface area (Å²) in [5.74, 6) is -0.229. The zero-order valence-corrected chi connectivity index (χ0v) is 33.5. The summed E-state index contributed by atoms with van der Waals surface area (Å²) in [5.41, 5.74) is 3.45. The summed E-state index contributed by atoms with van der Waals surface area (Å²) in [5, 5.41) is 15.2. The first-order chi connectivity index (χ1) is 24.5. The van der Waals surface area contributed by atoms with Crippen LogP contribution in [0.15, 0.2) is 47.4 Å². The Balaban J connectivity index is 1.07. The molecule has 272 valence electrons. The van der Waals surface area contributed by atoms with Gasteiger partial charge in [0.05, 0.1) is 29.2 Å². The molecule has 12 nitrogen and oxygen atoms in total. The molecule has 3 aliphatic rings. The van der Waals surface area contributed by atoms with E-state index in [9.17, 15) is 19.5 Å². The molecule has 0 radical (unpaired) electrons. The Bertz CT molecular complexity index is 1980. The van der Waals surface area contributed by atoms with Crippen LogP contribution in [0.1, 0.15) is 49.8 Å². The van der Waals surface area contributed by atoms with Gasteiger partial charge in [0, 0.05) is 68.7 Å². The van der Waals surface area contributed by atoms with Crippen LogP contribution < -0.4 is 11.0 Å². The standard InChI is InChI=1S/C36H42ClI2N7O5/c1-36(38,39)26-18-22(19-27(37)32(26)47)20-30(33(48)44-16-14-43(15-17-44)23-6-10-40-11-7-23)51-35(50)45-12-8-24(9-13-45)46-29-21-41-28-5-3-2-4-25(28)31(29)42-34(46)49/h2-5,18-19,21,23-24,30,40,47H,6-17,20H2,1H3,(H,42,49)/t30-/m1/s1. The van der Waals surface area contributed by atoms with E-state index in [1.807, 2.05) is 42.2 Å². The van der Waals surface area contributed by atoms with Crippen LogP contribution in [-0.4, -0.2) is 111 Å². The number of halogens is 3. The van der Waals surface area contributed by atoms with Gasteiger partial charge in [0.2, 0.25) is 0 Å². The predicted octanol–water partition coefficient (Wildman–Crippen LogP) is 5.56. The molecular weight excluding hydrogens is 900 g/mol. The number of para-hydroxylation sites is 1. The Kier molecular flexibility index (Phi) is 11.0. The number of hydrogen-bond donors (Lipinski definition) is 3. The van der Waals surface area contributed by atoms with E-state index < -0.39 is 13.6 Å². The number of amides is 2. The Morgan fingerprint density at radius 2 is 1.73 bits per heavy atom. The number of alkyl halides is 2. The van der Waals surface area contributed by atoms with Crippen molar-refractivity contribution >= 4 is 90.7 Å². The van der Waals surface area contributed by atoms with Crippen LogP contribution in [0, 0.1) is 0 Å². The van der Waals surface area contributed by atoms with Gasteiger partial charge < -0.3 is 29.9 Å². The molecule has 1 atom stereocenters. The van der Waals surface area contributed by atoms with E-state index in [0.29, 0.717) is 56.2 Å². The van der Waals surface area contributed by atoms with E-state index >= 15 is 0 Å². The molecule has 7 rings (SSSR count). The van der Waals surface area contributed by atoms with Crippen molar-refractivity contribution in [3.63, 3.8) is 0 Å². The molecule has 2 aromatic carbocycles. The number of likely N-dealkylation sites (tertiary alicyclic amines) is 1. The summed E-state index contributed by atoms with van der Waals surface area (Å²) in [6, 6.07) is 11.6. The Hall–Kier alpha value is -2.67. The van der Waals surface area contributed by atoms with Crippen molar-refractivity contribution in [2.45, 2.75) is 58.6 Å². The van der Waals surface area contributed by atoms with Gasteiger partial charge in [0.25, 0.3) is 5.91 Å². The van der Waals surface area contributed by atoms with E-state index in [-0.39, 0.29) is 34.8 Å². The number of aromatic nitrogens is 3. The third-order valence-electron chi connectivity index (χ3n) is 10.5. The molecule has 4 aromatic rings. The molecule has 3 aliphatic heterocycles. The summed E-state index contributed by atoms with van der Waals surface area (Å²) >= 11 is 10.9. The number of nitrogens with zero attached hydrogens (tertiary/aromatic N) is 5. The number of fused-ring (bicyclic) bond motifs is 3. The molecule has 0 aliphatic carbocycles. The normalized spacial score (nSPS) is 19.1. The van der Waals surface area contributed by atoms with Crippen molar-refractivity contribution in [1.82, 2.24) is 34.6 Å². The number of piperazine rings is 1. The molecule has 51 heavy (non-hydrogen) atoms. The number of aromatic amines is 1. The van der Waals surface area contributed by atoms with Crippen LogP contribution >= 0.6 is 56.8 Å². The van der Waals surface area contributed by atoms with Crippen molar-refractivity contribution in [2.75, 3.05) is 52.4 Å². The van der Waals surface area contributed by atoms with Gasteiger partial charge in [-0.2, -0.15) is 0 Å². The number of aromatic hydroxyl groups is 1. The minimum atomic E-state index is -1.07. The lowest BCUT2D eigenvalue weighted by atomic mass is 10.0. The molecule has 15 heteroatoms. The van der Waals surface area contributed by atoms with E-state index in [2.05, 4.69) is 65.4 Å². The largest absolute Gasteiger partial charge is 0.506 e. The minimum Gasteiger partial charge on any atom is -0.506 e. The fourth-order valence-corrected chi connectivity index (χ4v) is 8.84. The van der Waals surface area contributed by atoms with Gasteiger partial charge in [-0.15, -0.1) is 0 Å². The highest BCUT2D eigenvalue weighted by Crippen LogP contribution is 2.46. The number of hydrogen-bond acceptors (Lipinski definition) is 8. The number of ether oxygens (including phenoxy) is 1.